The van der Waals surface area contributed by atoms with Crippen molar-refractivity contribution in [3.63, 3.8) is 0 Å². The number of nitrogens with zero attached hydrogens (tertiary/aromatic N) is 6. The predicted molar refractivity (Wildman–Crippen MR) is 86.5 cm³/mol. The molecule has 0 aliphatic carbocycles. The summed E-state index contributed by atoms with van der Waals surface area (Å²) < 4.78 is 40.1. The molecule has 1 N–H and O–H groups in total. The fourth-order valence-corrected chi connectivity index (χ4v) is 3.01. The third kappa shape index (κ3) is 3.07. The minimum Gasteiger partial charge on any atom is -0.391 e. The number of β-amino-alcohol motifs (C(OH)–C–C–N with tert-alkyl or cyclic N) is 1. The average molecular weight is 364 g/mol. The van der Waals surface area contributed by atoms with Crippen LogP contribution in [0.5, 0.6) is 0 Å². The molecule has 3 aromatic rings. The van der Waals surface area contributed by atoms with Crippen molar-refractivity contribution in [3.05, 3.63) is 36.5 Å². The van der Waals surface area contributed by atoms with Crippen LogP contribution in [0.4, 0.5) is 19.0 Å². The summed E-state index contributed by atoms with van der Waals surface area (Å²) in [5.41, 5.74) is -0.401. The van der Waals surface area contributed by atoms with Crippen LogP contribution in [-0.4, -0.2) is 48.6 Å². The monoisotopic (exact) mass is 364 g/mol. The largest absolute Gasteiger partial charge is 0.434 e. The molecule has 1 unspecified atom stereocenters. The minimum atomic E-state index is -4.55. The van der Waals surface area contributed by atoms with E-state index < -0.39 is 18.0 Å². The molecule has 1 saturated heterocycles. The highest BCUT2D eigenvalue weighted by molar-refractivity contribution is 5.58. The molecule has 0 spiro atoms. The van der Waals surface area contributed by atoms with E-state index in [1.165, 1.54) is 10.6 Å². The molecule has 0 saturated carbocycles. The molecule has 4 rings (SSSR count). The molecule has 1 aliphatic heterocycles. The average Bonchev–Trinajstić information content (AvgIpc) is 3.04. The van der Waals surface area contributed by atoms with Gasteiger partial charge in [0.05, 0.1) is 18.5 Å². The van der Waals surface area contributed by atoms with Crippen LogP contribution in [0, 0.1) is 0 Å². The van der Waals surface area contributed by atoms with E-state index in [1.54, 1.807) is 12.3 Å². The van der Waals surface area contributed by atoms with Gasteiger partial charge in [-0.2, -0.15) is 13.2 Å². The first kappa shape index (κ1) is 16.7. The molecule has 10 heteroatoms. The van der Waals surface area contributed by atoms with Gasteiger partial charge in [0, 0.05) is 25.5 Å². The topological polar surface area (TPSA) is 79.4 Å². The maximum Gasteiger partial charge on any atom is 0.434 e. The van der Waals surface area contributed by atoms with E-state index in [9.17, 15) is 18.3 Å². The summed E-state index contributed by atoms with van der Waals surface area (Å²) in [4.78, 5) is 18.0. The van der Waals surface area contributed by atoms with Crippen LogP contribution < -0.4 is 4.90 Å². The second-order valence-electron chi connectivity index (χ2n) is 6.12. The third-order valence-electron chi connectivity index (χ3n) is 4.28. The maximum absolute atomic E-state index is 12.9. The van der Waals surface area contributed by atoms with Gasteiger partial charge in [-0.1, -0.05) is 0 Å². The van der Waals surface area contributed by atoms with Gasteiger partial charge in [0.15, 0.2) is 17.2 Å². The quantitative estimate of drug-likeness (QED) is 0.751. The first-order valence-corrected chi connectivity index (χ1v) is 8.08. The summed E-state index contributed by atoms with van der Waals surface area (Å²) in [6.45, 7) is 1.22. The highest BCUT2D eigenvalue weighted by atomic mass is 19.4. The third-order valence-corrected chi connectivity index (χ3v) is 4.28. The number of hydrogen-bond donors (Lipinski definition) is 1. The van der Waals surface area contributed by atoms with Gasteiger partial charge in [-0.3, -0.25) is 4.40 Å². The van der Waals surface area contributed by atoms with Crippen LogP contribution >= 0.6 is 0 Å². The molecule has 7 nitrogen and oxygen atoms in total. The summed E-state index contributed by atoms with van der Waals surface area (Å²) in [6.07, 6.45) is 1.53. The molecule has 26 heavy (non-hydrogen) atoms. The number of alkyl halides is 3. The summed E-state index contributed by atoms with van der Waals surface area (Å²) in [5.74, 6) is 0.878. The maximum atomic E-state index is 12.9. The highest BCUT2D eigenvalue weighted by Gasteiger charge is 2.33. The van der Waals surface area contributed by atoms with E-state index in [1.807, 2.05) is 4.90 Å². The van der Waals surface area contributed by atoms with Crippen molar-refractivity contribution >= 4 is 11.5 Å². The SMILES string of the molecule is OC1CCCN(c2ccnc(-c3cnc4cnc(C(F)(F)F)cn34)n2)C1. The van der Waals surface area contributed by atoms with E-state index in [0.717, 1.165) is 31.8 Å². The van der Waals surface area contributed by atoms with E-state index in [0.29, 0.717) is 18.1 Å². The molecular formula is C16H15F3N6O. The Morgan fingerprint density at radius 1 is 1.15 bits per heavy atom. The zero-order valence-electron chi connectivity index (χ0n) is 13.6. The van der Waals surface area contributed by atoms with Crippen molar-refractivity contribution in [2.45, 2.75) is 25.1 Å². The van der Waals surface area contributed by atoms with Crippen molar-refractivity contribution in [1.29, 1.82) is 0 Å². The summed E-state index contributed by atoms with van der Waals surface area (Å²) in [7, 11) is 0. The standard InChI is InChI=1S/C16H15F3N6O/c17-16(18,19)12-9-25-11(6-22-14(25)7-21-12)15-20-4-3-13(23-15)24-5-1-2-10(26)8-24/h3-4,6-7,9-10,26H,1-2,5,8H2. The first-order chi connectivity index (χ1) is 12.4. The van der Waals surface area contributed by atoms with Crippen LogP contribution in [0.25, 0.3) is 17.2 Å². The first-order valence-electron chi connectivity index (χ1n) is 8.08. The van der Waals surface area contributed by atoms with Gasteiger partial charge in [0.2, 0.25) is 0 Å². The van der Waals surface area contributed by atoms with Gasteiger partial charge in [-0.15, -0.1) is 0 Å². The Labute approximate surface area is 146 Å². The Morgan fingerprint density at radius 3 is 2.77 bits per heavy atom. The fraction of sp³-hybridized carbons (Fsp3) is 0.375. The summed E-state index contributed by atoms with van der Waals surface area (Å²) in [5, 5.41) is 9.83. The van der Waals surface area contributed by atoms with Crippen molar-refractivity contribution in [3.8, 4) is 11.5 Å². The molecule has 0 amide bonds. The number of rotatable bonds is 2. The number of aliphatic hydroxyl groups excluding tert-OH is 1. The Morgan fingerprint density at radius 2 is 2.00 bits per heavy atom. The molecule has 0 aromatic carbocycles. The molecular weight excluding hydrogens is 349 g/mol. The Bertz CT molecular complexity index is 941. The number of fused-ring (bicyclic) bond motifs is 1. The van der Waals surface area contributed by atoms with Crippen molar-refractivity contribution < 1.29 is 18.3 Å². The van der Waals surface area contributed by atoms with E-state index in [4.69, 9.17) is 0 Å². The van der Waals surface area contributed by atoms with Crippen molar-refractivity contribution in [2.24, 2.45) is 0 Å². The predicted octanol–water partition coefficient (Wildman–Crippen LogP) is 2.17. The van der Waals surface area contributed by atoms with E-state index >= 15 is 0 Å². The zero-order valence-corrected chi connectivity index (χ0v) is 13.6. The van der Waals surface area contributed by atoms with Crippen LogP contribution in [0.1, 0.15) is 18.5 Å². The van der Waals surface area contributed by atoms with Gasteiger partial charge in [-0.05, 0) is 18.9 Å². The lowest BCUT2D eigenvalue weighted by molar-refractivity contribution is -0.141. The molecule has 1 fully saturated rings. The van der Waals surface area contributed by atoms with Crippen LogP contribution in [0.2, 0.25) is 0 Å². The lowest BCUT2D eigenvalue weighted by atomic mass is 10.1. The van der Waals surface area contributed by atoms with E-state index in [2.05, 4.69) is 19.9 Å². The number of piperidine rings is 1. The van der Waals surface area contributed by atoms with Crippen molar-refractivity contribution in [2.75, 3.05) is 18.0 Å². The van der Waals surface area contributed by atoms with Gasteiger partial charge in [0.1, 0.15) is 11.5 Å². The number of aliphatic hydroxyl groups is 1. The zero-order chi connectivity index (χ0) is 18.3. The number of imidazole rings is 1. The molecule has 136 valence electrons. The van der Waals surface area contributed by atoms with Crippen LogP contribution in [-0.2, 0) is 6.18 Å². The molecule has 1 aliphatic rings. The minimum absolute atomic E-state index is 0.259. The summed E-state index contributed by atoms with van der Waals surface area (Å²) >= 11 is 0. The number of hydrogen-bond acceptors (Lipinski definition) is 6. The second kappa shape index (κ2) is 6.20. The number of halogens is 3. The Kier molecular flexibility index (Phi) is 3.98. The van der Waals surface area contributed by atoms with Crippen LogP contribution in [0.3, 0.4) is 0 Å². The fourth-order valence-electron chi connectivity index (χ4n) is 3.01. The molecule has 0 bridgehead atoms. The lowest BCUT2D eigenvalue weighted by Crippen LogP contribution is -2.38. The van der Waals surface area contributed by atoms with Gasteiger partial charge in [0.25, 0.3) is 0 Å². The second-order valence-corrected chi connectivity index (χ2v) is 6.12. The van der Waals surface area contributed by atoms with E-state index in [-0.39, 0.29) is 11.5 Å². The molecule has 4 heterocycles. The van der Waals surface area contributed by atoms with Gasteiger partial charge in [-0.25, -0.2) is 19.9 Å². The highest BCUT2D eigenvalue weighted by Crippen LogP contribution is 2.29. The smallest absolute Gasteiger partial charge is 0.391 e. The van der Waals surface area contributed by atoms with Gasteiger partial charge < -0.3 is 10.0 Å². The number of aromatic nitrogens is 5. The molecule has 0 radical (unpaired) electrons. The normalized spacial score (nSPS) is 18.5. The molecule has 1 atom stereocenters. The Hall–Kier alpha value is -2.75. The van der Waals surface area contributed by atoms with Crippen LogP contribution in [0.15, 0.2) is 30.9 Å². The lowest BCUT2D eigenvalue weighted by Gasteiger charge is -2.31. The number of anilines is 1. The summed E-state index contributed by atoms with van der Waals surface area (Å²) in [6, 6.07) is 1.72. The molecule has 3 aromatic heterocycles. The van der Waals surface area contributed by atoms with Crippen molar-refractivity contribution in [1.82, 2.24) is 24.3 Å². The van der Waals surface area contributed by atoms with Gasteiger partial charge >= 0.3 is 6.18 Å². The Balaban J connectivity index is 1.74.